The maximum Gasteiger partial charge on any atom is 0.223 e. The summed E-state index contributed by atoms with van der Waals surface area (Å²) in [5.41, 5.74) is 1.01. The Labute approximate surface area is 124 Å². The molecule has 0 aliphatic heterocycles. The van der Waals surface area contributed by atoms with Crippen LogP contribution in [0.15, 0.2) is 54.6 Å². The van der Waals surface area contributed by atoms with E-state index in [1.54, 1.807) is 7.11 Å². The second-order valence-corrected chi connectivity index (χ2v) is 4.54. The SMILES string of the molecule is COc1cccc(CNC(=O)CCOc2ccccc2)c1. The highest BCUT2D eigenvalue weighted by Gasteiger charge is 2.03. The molecule has 2 aromatic rings. The molecule has 0 fully saturated rings. The number of rotatable bonds is 7. The van der Waals surface area contributed by atoms with Crippen molar-refractivity contribution in [3.8, 4) is 11.5 Å². The van der Waals surface area contributed by atoms with Gasteiger partial charge in [-0.1, -0.05) is 30.3 Å². The maximum absolute atomic E-state index is 11.7. The number of benzene rings is 2. The van der Waals surface area contributed by atoms with Gasteiger partial charge in [0, 0.05) is 6.54 Å². The van der Waals surface area contributed by atoms with Gasteiger partial charge < -0.3 is 14.8 Å². The van der Waals surface area contributed by atoms with Crippen LogP contribution in [0.5, 0.6) is 11.5 Å². The summed E-state index contributed by atoms with van der Waals surface area (Å²) in [5.74, 6) is 1.53. The fourth-order valence-corrected chi connectivity index (χ4v) is 1.85. The van der Waals surface area contributed by atoms with Crippen LogP contribution in [-0.4, -0.2) is 19.6 Å². The molecule has 0 unspecified atom stereocenters. The number of hydrogen-bond donors (Lipinski definition) is 1. The minimum Gasteiger partial charge on any atom is -0.497 e. The molecule has 0 saturated heterocycles. The van der Waals surface area contributed by atoms with Crippen molar-refractivity contribution < 1.29 is 14.3 Å². The van der Waals surface area contributed by atoms with Crippen LogP contribution < -0.4 is 14.8 Å². The van der Waals surface area contributed by atoms with E-state index in [0.717, 1.165) is 17.1 Å². The smallest absolute Gasteiger partial charge is 0.223 e. The van der Waals surface area contributed by atoms with Crippen molar-refractivity contribution in [3.05, 3.63) is 60.2 Å². The van der Waals surface area contributed by atoms with Crippen LogP contribution >= 0.6 is 0 Å². The third-order valence-electron chi connectivity index (χ3n) is 2.96. The molecule has 1 N–H and O–H groups in total. The summed E-state index contributed by atoms with van der Waals surface area (Å²) in [4.78, 5) is 11.7. The number of amides is 1. The molecule has 4 heteroatoms. The van der Waals surface area contributed by atoms with Gasteiger partial charge in [0.1, 0.15) is 11.5 Å². The van der Waals surface area contributed by atoms with Crippen molar-refractivity contribution in [2.75, 3.05) is 13.7 Å². The Kier molecular flexibility index (Phi) is 5.64. The monoisotopic (exact) mass is 285 g/mol. The molecule has 110 valence electrons. The summed E-state index contributed by atoms with van der Waals surface area (Å²) in [6, 6.07) is 17.1. The van der Waals surface area contributed by atoms with Crippen molar-refractivity contribution in [1.82, 2.24) is 5.32 Å². The van der Waals surface area contributed by atoms with Gasteiger partial charge in [-0.25, -0.2) is 0 Å². The molecule has 0 saturated carbocycles. The topological polar surface area (TPSA) is 47.6 Å². The van der Waals surface area contributed by atoms with Crippen LogP contribution in [0.2, 0.25) is 0 Å². The number of para-hydroxylation sites is 1. The second kappa shape index (κ2) is 7.94. The molecular formula is C17H19NO3. The summed E-state index contributed by atoms with van der Waals surface area (Å²) >= 11 is 0. The normalized spacial score (nSPS) is 9.95. The zero-order chi connectivity index (χ0) is 14.9. The van der Waals surface area contributed by atoms with Gasteiger partial charge in [0.05, 0.1) is 20.1 Å². The molecule has 2 rings (SSSR count). The Morgan fingerprint density at radius 1 is 1.05 bits per heavy atom. The van der Waals surface area contributed by atoms with E-state index in [0.29, 0.717) is 19.6 Å². The maximum atomic E-state index is 11.7. The third kappa shape index (κ3) is 5.18. The van der Waals surface area contributed by atoms with Crippen LogP contribution in [0, 0.1) is 0 Å². The molecule has 0 bridgehead atoms. The number of carbonyl (C=O) groups excluding carboxylic acids is 1. The number of carbonyl (C=O) groups is 1. The predicted molar refractivity (Wildman–Crippen MR) is 81.4 cm³/mol. The summed E-state index contributed by atoms with van der Waals surface area (Å²) in [5, 5.41) is 2.86. The van der Waals surface area contributed by atoms with E-state index in [9.17, 15) is 4.79 Å². The van der Waals surface area contributed by atoms with Crippen LogP contribution in [0.4, 0.5) is 0 Å². The fourth-order valence-electron chi connectivity index (χ4n) is 1.85. The average Bonchev–Trinajstić information content (AvgIpc) is 2.54. The van der Waals surface area contributed by atoms with E-state index in [-0.39, 0.29) is 5.91 Å². The lowest BCUT2D eigenvalue weighted by molar-refractivity contribution is -0.121. The highest BCUT2D eigenvalue weighted by molar-refractivity contribution is 5.76. The lowest BCUT2D eigenvalue weighted by Crippen LogP contribution is -2.24. The van der Waals surface area contributed by atoms with Gasteiger partial charge in [-0.2, -0.15) is 0 Å². The van der Waals surface area contributed by atoms with Gasteiger partial charge in [-0.05, 0) is 29.8 Å². The van der Waals surface area contributed by atoms with Gasteiger partial charge in [-0.3, -0.25) is 4.79 Å². The van der Waals surface area contributed by atoms with E-state index < -0.39 is 0 Å². The van der Waals surface area contributed by atoms with E-state index in [1.165, 1.54) is 0 Å². The Bertz CT molecular complexity index is 569. The first kappa shape index (κ1) is 14.9. The molecule has 0 radical (unpaired) electrons. The molecule has 21 heavy (non-hydrogen) atoms. The summed E-state index contributed by atoms with van der Waals surface area (Å²) in [7, 11) is 1.62. The average molecular weight is 285 g/mol. The van der Waals surface area contributed by atoms with Gasteiger partial charge in [-0.15, -0.1) is 0 Å². The summed E-state index contributed by atoms with van der Waals surface area (Å²) in [6.07, 6.45) is 0.332. The highest BCUT2D eigenvalue weighted by Crippen LogP contribution is 2.12. The first-order valence-corrected chi connectivity index (χ1v) is 6.85. The van der Waals surface area contributed by atoms with Crippen molar-refractivity contribution in [3.63, 3.8) is 0 Å². The molecule has 0 aliphatic rings. The molecule has 1 amide bonds. The molecule has 0 aliphatic carbocycles. The van der Waals surface area contributed by atoms with Gasteiger partial charge in [0.15, 0.2) is 0 Å². The summed E-state index contributed by atoms with van der Waals surface area (Å²) in [6.45, 7) is 0.856. The van der Waals surface area contributed by atoms with Gasteiger partial charge >= 0.3 is 0 Å². The van der Waals surface area contributed by atoms with E-state index in [1.807, 2.05) is 54.6 Å². The Hall–Kier alpha value is -2.49. The molecule has 2 aromatic carbocycles. The van der Waals surface area contributed by atoms with Crippen molar-refractivity contribution in [2.24, 2.45) is 0 Å². The lowest BCUT2D eigenvalue weighted by Gasteiger charge is -2.08. The minimum atomic E-state index is -0.0336. The van der Waals surface area contributed by atoms with Crippen LogP contribution in [0.1, 0.15) is 12.0 Å². The van der Waals surface area contributed by atoms with Crippen molar-refractivity contribution >= 4 is 5.91 Å². The number of ether oxygens (including phenoxy) is 2. The zero-order valence-corrected chi connectivity index (χ0v) is 12.0. The minimum absolute atomic E-state index is 0.0336. The first-order chi connectivity index (χ1) is 10.3. The third-order valence-corrected chi connectivity index (χ3v) is 2.96. The Morgan fingerprint density at radius 2 is 1.81 bits per heavy atom. The van der Waals surface area contributed by atoms with Crippen LogP contribution in [0.25, 0.3) is 0 Å². The molecular weight excluding hydrogens is 266 g/mol. The van der Waals surface area contributed by atoms with Crippen LogP contribution in [0.3, 0.4) is 0 Å². The standard InChI is InChI=1S/C17H19NO3/c1-20-16-9-5-6-14(12-16)13-18-17(19)10-11-21-15-7-3-2-4-8-15/h2-9,12H,10-11,13H2,1H3,(H,18,19). The predicted octanol–water partition coefficient (Wildman–Crippen LogP) is 2.78. The fraction of sp³-hybridized carbons (Fsp3) is 0.235. The van der Waals surface area contributed by atoms with E-state index in [4.69, 9.17) is 9.47 Å². The zero-order valence-electron chi connectivity index (χ0n) is 12.0. The molecule has 0 spiro atoms. The quantitative estimate of drug-likeness (QED) is 0.851. The highest BCUT2D eigenvalue weighted by atomic mass is 16.5. The number of hydrogen-bond acceptors (Lipinski definition) is 3. The lowest BCUT2D eigenvalue weighted by atomic mass is 10.2. The number of nitrogens with one attached hydrogen (secondary N) is 1. The van der Waals surface area contributed by atoms with Crippen molar-refractivity contribution in [2.45, 2.75) is 13.0 Å². The first-order valence-electron chi connectivity index (χ1n) is 6.85. The molecule has 0 aromatic heterocycles. The molecule has 4 nitrogen and oxygen atoms in total. The van der Waals surface area contributed by atoms with Gasteiger partial charge in [0.2, 0.25) is 5.91 Å². The van der Waals surface area contributed by atoms with E-state index >= 15 is 0 Å². The second-order valence-electron chi connectivity index (χ2n) is 4.54. The van der Waals surface area contributed by atoms with Crippen LogP contribution in [-0.2, 0) is 11.3 Å². The van der Waals surface area contributed by atoms with E-state index in [2.05, 4.69) is 5.32 Å². The molecule has 0 heterocycles. The Balaban J connectivity index is 1.70. The molecule has 0 atom stereocenters. The summed E-state index contributed by atoms with van der Waals surface area (Å²) < 4.78 is 10.6. The van der Waals surface area contributed by atoms with Gasteiger partial charge in [0.25, 0.3) is 0 Å². The Morgan fingerprint density at radius 3 is 2.57 bits per heavy atom. The van der Waals surface area contributed by atoms with Crippen molar-refractivity contribution in [1.29, 1.82) is 0 Å². The largest absolute Gasteiger partial charge is 0.497 e. The number of methoxy groups -OCH3 is 1.